The maximum Gasteiger partial charge on any atom is 0.144 e. The van der Waals surface area contributed by atoms with Crippen LogP contribution in [0.4, 0.5) is 0 Å². The van der Waals surface area contributed by atoms with Gasteiger partial charge in [-0.3, -0.25) is 4.79 Å². The lowest BCUT2D eigenvalue weighted by Crippen LogP contribution is -2.30. The van der Waals surface area contributed by atoms with E-state index in [0.717, 1.165) is 0 Å². The van der Waals surface area contributed by atoms with Gasteiger partial charge in [-0.05, 0) is 13.8 Å². The molecule has 0 aromatic rings. The summed E-state index contributed by atoms with van der Waals surface area (Å²) in [6, 6.07) is 0. The Labute approximate surface area is 73.5 Å². The lowest BCUT2D eigenvalue weighted by Gasteiger charge is -2.21. The van der Waals surface area contributed by atoms with Gasteiger partial charge in [-0.2, -0.15) is 4.91 Å². The van der Waals surface area contributed by atoms with Gasteiger partial charge in [-0.15, -0.1) is 0 Å². The zero-order valence-corrected chi connectivity index (χ0v) is 8.34. The molecule has 3 nitrogen and oxygen atoms in total. The summed E-state index contributed by atoms with van der Waals surface area (Å²) < 4.78 is 0. The highest BCUT2D eigenvalue weighted by molar-refractivity contribution is 5.92. The van der Waals surface area contributed by atoms with Gasteiger partial charge in [0.15, 0.2) is 0 Å². The van der Waals surface area contributed by atoms with Gasteiger partial charge >= 0.3 is 0 Å². The van der Waals surface area contributed by atoms with Crippen LogP contribution in [0.25, 0.3) is 0 Å². The molecule has 0 saturated carbocycles. The standard InChI is InChI=1S/C9H16NO2/c1-8(2,3)7(11)6-9(4,5)10-12/h6H,1-5H3. The van der Waals surface area contributed by atoms with Crippen molar-refractivity contribution in [1.29, 1.82) is 0 Å². The predicted octanol–water partition coefficient (Wildman–Crippen LogP) is 2.35. The molecular formula is C9H16NO2. The molecule has 0 amide bonds. The van der Waals surface area contributed by atoms with Gasteiger partial charge in [0.1, 0.15) is 11.3 Å². The summed E-state index contributed by atoms with van der Waals surface area (Å²) in [5.41, 5.74) is -1.31. The third-order valence-electron chi connectivity index (χ3n) is 1.46. The maximum absolute atomic E-state index is 11.4. The molecule has 0 rings (SSSR count). The average Bonchev–Trinajstić information content (AvgIpc) is 1.85. The van der Waals surface area contributed by atoms with Gasteiger partial charge in [-0.1, -0.05) is 25.9 Å². The Hall–Kier alpha value is -0.730. The van der Waals surface area contributed by atoms with Crippen molar-refractivity contribution in [3.63, 3.8) is 0 Å². The number of nitroso groups, excluding NO2 is 1. The largest absolute Gasteiger partial charge is 0.299 e. The molecule has 0 atom stereocenters. The molecule has 0 bridgehead atoms. The number of rotatable bonds is 3. The van der Waals surface area contributed by atoms with Crippen LogP contribution >= 0.6 is 0 Å². The number of carbonyl (C=O) groups is 1. The minimum Gasteiger partial charge on any atom is -0.299 e. The van der Waals surface area contributed by atoms with E-state index in [2.05, 4.69) is 5.18 Å². The van der Waals surface area contributed by atoms with Crippen LogP contribution in [0.5, 0.6) is 0 Å². The van der Waals surface area contributed by atoms with E-state index in [9.17, 15) is 9.70 Å². The Morgan fingerprint density at radius 1 is 1.17 bits per heavy atom. The summed E-state index contributed by atoms with van der Waals surface area (Å²) in [6.45, 7) is 8.67. The van der Waals surface area contributed by atoms with Crippen LogP contribution in [0.1, 0.15) is 34.6 Å². The van der Waals surface area contributed by atoms with E-state index >= 15 is 0 Å². The Morgan fingerprint density at radius 2 is 1.58 bits per heavy atom. The molecule has 1 radical (unpaired) electrons. The minimum atomic E-state index is -0.885. The van der Waals surface area contributed by atoms with Crippen LogP contribution in [-0.2, 0) is 4.79 Å². The second-order valence-electron chi connectivity index (χ2n) is 4.50. The highest BCUT2D eigenvalue weighted by atomic mass is 16.3. The molecule has 69 valence electrons. The van der Waals surface area contributed by atoms with Crippen molar-refractivity contribution in [2.24, 2.45) is 10.6 Å². The molecule has 0 aliphatic rings. The predicted molar refractivity (Wildman–Crippen MR) is 48.6 cm³/mol. The zero-order chi connectivity index (χ0) is 9.99. The molecule has 0 aliphatic carbocycles. The lowest BCUT2D eigenvalue weighted by molar-refractivity contribution is -0.123. The van der Waals surface area contributed by atoms with Crippen LogP contribution in [0.3, 0.4) is 0 Å². The summed E-state index contributed by atoms with van der Waals surface area (Å²) in [4.78, 5) is 21.6. The van der Waals surface area contributed by atoms with Gasteiger partial charge in [-0.25, -0.2) is 0 Å². The molecule has 0 unspecified atom stereocenters. The second kappa shape index (κ2) is 3.33. The van der Waals surface area contributed by atoms with Gasteiger partial charge in [0.25, 0.3) is 0 Å². The number of ketones is 1. The summed E-state index contributed by atoms with van der Waals surface area (Å²) in [6.07, 6.45) is 1.38. The van der Waals surface area contributed by atoms with Crippen molar-refractivity contribution < 1.29 is 4.79 Å². The van der Waals surface area contributed by atoms with E-state index in [4.69, 9.17) is 0 Å². The topological polar surface area (TPSA) is 46.5 Å². The van der Waals surface area contributed by atoms with Gasteiger partial charge in [0.05, 0.1) is 6.42 Å². The number of hydrogen-bond acceptors (Lipinski definition) is 3. The van der Waals surface area contributed by atoms with Crippen LogP contribution in [0.2, 0.25) is 0 Å². The molecule has 0 aromatic heterocycles. The Balaban J connectivity index is 4.29. The van der Waals surface area contributed by atoms with Crippen LogP contribution in [0, 0.1) is 16.7 Å². The van der Waals surface area contributed by atoms with Gasteiger partial charge < -0.3 is 0 Å². The van der Waals surface area contributed by atoms with Crippen molar-refractivity contribution >= 4 is 5.78 Å². The smallest absolute Gasteiger partial charge is 0.144 e. The molecule has 0 spiro atoms. The SMILES string of the molecule is CC(C)([CH]C(=O)C(C)(C)C)N=O. The van der Waals surface area contributed by atoms with E-state index in [1.807, 2.05) is 20.8 Å². The quantitative estimate of drug-likeness (QED) is 0.610. The maximum atomic E-state index is 11.4. The molecule has 0 fully saturated rings. The Kier molecular flexibility index (Phi) is 3.13. The first-order chi connectivity index (χ1) is 5.19. The Morgan fingerprint density at radius 3 is 1.83 bits per heavy atom. The molecule has 3 heteroatoms. The number of Topliss-reactive ketones (excluding diaryl/α,β-unsaturated/α-hetero) is 1. The van der Waals surface area contributed by atoms with Gasteiger partial charge in [0.2, 0.25) is 0 Å². The summed E-state index contributed by atoms with van der Waals surface area (Å²) >= 11 is 0. The van der Waals surface area contributed by atoms with Crippen molar-refractivity contribution in [2.75, 3.05) is 0 Å². The highest BCUT2D eigenvalue weighted by Crippen LogP contribution is 2.22. The first kappa shape index (κ1) is 11.3. The molecule has 12 heavy (non-hydrogen) atoms. The zero-order valence-electron chi connectivity index (χ0n) is 8.34. The van der Waals surface area contributed by atoms with Crippen molar-refractivity contribution in [2.45, 2.75) is 40.2 Å². The average molecular weight is 170 g/mol. The fourth-order valence-electron chi connectivity index (χ4n) is 0.564. The van der Waals surface area contributed by atoms with Gasteiger partial charge in [0, 0.05) is 5.41 Å². The third kappa shape index (κ3) is 3.60. The molecular weight excluding hydrogens is 154 g/mol. The lowest BCUT2D eigenvalue weighted by atomic mass is 9.84. The molecule has 0 saturated heterocycles. The first-order valence-corrected chi connectivity index (χ1v) is 3.94. The van der Waals surface area contributed by atoms with Crippen molar-refractivity contribution in [3.8, 4) is 0 Å². The third-order valence-corrected chi connectivity index (χ3v) is 1.46. The second-order valence-corrected chi connectivity index (χ2v) is 4.50. The minimum absolute atomic E-state index is 0.0490. The molecule has 0 heterocycles. The summed E-state index contributed by atoms with van der Waals surface area (Å²) in [5.74, 6) is -0.0490. The van der Waals surface area contributed by atoms with E-state index in [-0.39, 0.29) is 5.78 Å². The van der Waals surface area contributed by atoms with Crippen molar-refractivity contribution in [3.05, 3.63) is 11.3 Å². The van der Waals surface area contributed by atoms with Crippen molar-refractivity contribution in [1.82, 2.24) is 0 Å². The van der Waals surface area contributed by atoms with Crippen LogP contribution in [0.15, 0.2) is 5.18 Å². The summed E-state index contributed by atoms with van der Waals surface area (Å²) in [5, 5.41) is 2.85. The highest BCUT2D eigenvalue weighted by Gasteiger charge is 2.30. The Bertz CT molecular complexity index is 189. The normalized spacial score (nSPS) is 12.8. The van der Waals surface area contributed by atoms with Crippen LogP contribution in [-0.4, -0.2) is 11.3 Å². The monoisotopic (exact) mass is 170 g/mol. The van der Waals surface area contributed by atoms with E-state index < -0.39 is 11.0 Å². The van der Waals surface area contributed by atoms with E-state index in [1.54, 1.807) is 13.8 Å². The fourth-order valence-corrected chi connectivity index (χ4v) is 0.564. The van der Waals surface area contributed by atoms with Crippen LogP contribution < -0.4 is 0 Å². The number of carbonyl (C=O) groups excluding carboxylic acids is 1. The number of nitrogens with zero attached hydrogens (tertiary/aromatic N) is 1. The molecule has 0 aliphatic heterocycles. The molecule has 0 N–H and O–H groups in total. The fraction of sp³-hybridized carbons (Fsp3) is 0.778. The first-order valence-electron chi connectivity index (χ1n) is 3.94. The molecule has 0 aromatic carbocycles. The number of hydrogen-bond donors (Lipinski definition) is 0. The summed E-state index contributed by atoms with van der Waals surface area (Å²) in [7, 11) is 0. The van der Waals surface area contributed by atoms with E-state index in [0.29, 0.717) is 0 Å². The van der Waals surface area contributed by atoms with E-state index in [1.165, 1.54) is 6.42 Å².